The summed E-state index contributed by atoms with van der Waals surface area (Å²) in [5.41, 5.74) is 0.674. The van der Waals surface area contributed by atoms with Gasteiger partial charge in [-0.1, -0.05) is 6.07 Å². The SMILES string of the molecule is CCS(=O)(=O)Oc1cc(CN(Cc2ccco2)C(=O)COC)ccc1OC. The van der Waals surface area contributed by atoms with Crippen LogP contribution in [0.1, 0.15) is 18.2 Å². The Morgan fingerprint density at radius 2 is 1.93 bits per heavy atom. The van der Waals surface area contributed by atoms with E-state index < -0.39 is 10.1 Å². The van der Waals surface area contributed by atoms with Crippen molar-refractivity contribution in [2.24, 2.45) is 0 Å². The molecule has 0 aliphatic carbocycles. The smallest absolute Gasteiger partial charge is 0.309 e. The first kappa shape index (κ1) is 20.8. The number of carbonyl (C=O) groups excluding carboxylic acids is 1. The fraction of sp³-hybridized carbons (Fsp3) is 0.389. The van der Waals surface area contributed by atoms with Crippen LogP contribution in [0.5, 0.6) is 11.5 Å². The molecule has 0 radical (unpaired) electrons. The molecule has 0 aliphatic heterocycles. The Hall–Kier alpha value is -2.52. The molecule has 0 N–H and O–H groups in total. The van der Waals surface area contributed by atoms with Crippen molar-refractivity contribution in [2.45, 2.75) is 20.0 Å². The van der Waals surface area contributed by atoms with Gasteiger partial charge in [0.15, 0.2) is 11.5 Å². The highest BCUT2D eigenvalue weighted by molar-refractivity contribution is 7.87. The van der Waals surface area contributed by atoms with Gasteiger partial charge in [-0.15, -0.1) is 0 Å². The molecule has 0 bridgehead atoms. The summed E-state index contributed by atoms with van der Waals surface area (Å²) in [6, 6.07) is 8.38. The number of rotatable bonds is 10. The molecule has 2 aromatic rings. The molecule has 0 aliphatic rings. The van der Waals surface area contributed by atoms with E-state index in [-0.39, 0.29) is 42.9 Å². The number of ether oxygens (including phenoxy) is 2. The summed E-state index contributed by atoms with van der Waals surface area (Å²) in [7, 11) is -0.847. The van der Waals surface area contributed by atoms with Crippen molar-refractivity contribution < 1.29 is 31.3 Å². The Morgan fingerprint density at radius 3 is 2.52 bits per heavy atom. The van der Waals surface area contributed by atoms with Gasteiger partial charge < -0.3 is 23.0 Å². The van der Waals surface area contributed by atoms with Gasteiger partial charge in [0.2, 0.25) is 5.91 Å². The molecule has 8 nitrogen and oxygen atoms in total. The maximum Gasteiger partial charge on any atom is 0.309 e. The Labute approximate surface area is 158 Å². The van der Waals surface area contributed by atoms with E-state index in [9.17, 15) is 13.2 Å². The molecule has 0 fully saturated rings. The minimum absolute atomic E-state index is 0.0778. The maximum atomic E-state index is 12.4. The van der Waals surface area contributed by atoms with Crippen LogP contribution >= 0.6 is 0 Å². The topological polar surface area (TPSA) is 95.3 Å². The second-order valence-corrected chi connectivity index (χ2v) is 7.54. The lowest BCUT2D eigenvalue weighted by Gasteiger charge is -2.22. The van der Waals surface area contributed by atoms with Gasteiger partial charge in [0.25, 0.3) is 0 Å². The van der Waals surface area contributed by atoms with Gasteiger partial charge >= 0.3 is 10.1 Å². The summed E-state index contributed by atoms with van der Waals surface area (Å²) in [6.45, 7) is 1.88. The molecule has 1 heterocycles. The lowest BCUT2D eigenvalue weighted by Crippen LogP contribution is -2.32. The molecule has 0 saturated heterocycles. The van der Waals surface area contributed by atoms with Crippen LogP contribution in [0, 0.1) is 0 Å². The van der Waals surface area contributed by atoms with Crippen LogP contribution in [0.25, 0.3) is 0 Å². The quantitative estimate of drug-likeness (QED) is 0.567. The van der Waals surface area contributed by atoms with Crippen molar-refractivity contribution in [3.63, 3.8) is 0 Å². The van der Waals surface area contributed by atoms with E-state index in [1.54, 1.807) is 35.2 Å². The van der Waals surface area contributed by atoms with Crippen molar-refractivity contribution >= 4 is 16.0 Å². The molecule has 27 heavy (non-hydrogen) atoms. The number of carbonyl (C=O) groups is 1. The van der Waals surface area contributed by atoms with Crippen molar-refractivity contribution in [3.05, 3.63) is 47.9 Å². The molecule has 1 aromatic carbocycles. The van der Waals surface area contributed by atoms with Crippen LogP contribution < -0.4 is 8.92 Å². The zero-order valence-electron chi connectivity index (χ0n) is 15.5. The van der Waals surface area contributed by atoms with Crippen LogP contribution in [0.3, 0.4) is 0 Å². The molecule has 0 saturated carbocycles. The standard InChI is InChI=1S/C18H23NO7S/c1-4-27(21,22)26-17-10-14(7-8-16(17)24-3)11-19(18(20)13-23-2)12-15-6-5-9-25-15/h5-10H,4,11-13H2,1-3H3. The van der Waals surface area contributed by atoms with Gasteiger partial charge in [0.1, 0.15) is 12.4 Å². The third kappa shape index (κ3) is 6.00. The summed E-state index contributed by atoms with van der Waals surface area (Å²) in [5, 5.41) is 0. The third-order valence-electron chi connectivity index (χ3n) is 3.72. The molecule has 0 atom stereocenters. The number of hydrogen-bond acceptors (Lipinski definition) is 7. The lowest BCUT2D eigenvalue weighted by atomic mass is 10.2. The first-order chi connectivity index (χ1) is 12.9. The molecule has 1 aromatic heterocycles. The van der Waals surface area contributed by atoms with E-state index in [1.807, 2.05) is 0 Å². The number of hydrogen-bond donors (Lipinski definition) is 0. The highest BCUT2D eigenvalue weighted by atomic mass is 32.2. The summed E-state index contributed by atoms with van der Waals surface area (Å²) in [6.07, 6.45) is 1.53. The summed E-state index contributed by atoms with van der Waals surface area (Å²) in [4.78, 5) is 13.9. The Balaban J connectivity index is 2.26. The minimum atomic E-state index is -3.71. The van der Waals surface area contributed by atoms with Crippen molar-refractivity contribution in [3.8, 4) is 11.5 Å². The Bertz CT molecular complexity index is 847. The zero-order chi connectivity index (χ0) is 19.9. The average Bonchev–Trinajstić information content (AvgIpc) is 3.14. The monoisotopic (exact) mass is 397 g/mol. The van der Waals surface area contributed by atoms with Crippen LogP contribution in [-0.2, 0) is 32.7 Å². The molecule has 9 heteroatoms. The van der Waals surface area contributed by atoms with E-state index >= 15 is 0 Å². The summed E-state index contributed by atoms with van der Waals surface area (Å²) in [5.74, 6) is 0.592. The molecular weight excluding hydrogens is 374 g/mol. The molecule has 0 spiro atoms. The summed E-state index contributed by atoms with van der Waals surface area (Å²) >= 11 is 0. The predicted molar refractivity (Wildman–Crippen MR) is 97.9 cm³/mol. The molecule has 148 valence electrons. The Kier molecular flexibility index (Phi) is 7.26. The maximum absolute atomic E-state index is 12.4. The first-order valence-corrected chi connectivity index (χ1v) is 9.84. The van der Waals surface area contributed by atoms with Crippen LogP contribution in [0.15, 0.2) is 41.0 Å². The highest BCUT2D eigenvalue weighted by Crippen LogP contribution is 2.30. The molecule has 2 rings (SSSR count). The van der Waals surface area contributed by atoms with Crippen molar-refractivity contribution in [1.29, 1.82) is 0 Å². The number of nitrogens with zero attached hydrogens (tertiary/aromatic N) is 1. The average molecular weight is 397 g/mol. The molecule has 0 unspecified atom stereocenters. The zero-order valence-corrected chi connectivity index (χ0v) is 16.3. The second-order valence-electron chi connectivity index (χ2n) is 5.68. The van der Waals surface area contributed by atoms with Gasteiger partial charge in [-0.2, -0.15) is 8.42 Å². The Morgan fingerprint density at radius 1 is 1.15 bits per heavy atom. The summed E-state index contributed by atoms with van der Waals surface area (Å²) < 4.78 is 44.1. The number of benzene rings is 1. The number of amides is 1. The predicted octanol–water partition coefficient (Wildman–Crippen LogP) is 2.19. The fourth-order valence-corrected chi connectivity index (χ4v) is 2.86. The van der Waals surface area contributed by atoms with E-state index in [4.69, 9.17) is 18.1 Å². The molecule has 1 amide bonds. The first-order valence-electron chi connectivity index (χ1n) is 8.26. The second kappa shape index (κ2) is 9.43. The largest absolute Gasteiger partial charge is 0.493 e. The van der Waals surface area contributed by atoms with Crippen molar-refractivity contribution in [2.75, 3.05) is 26.6 Å². The van der Waals surface area contributed by atoms with E-state index in [0.29, 0.717) is 11.3 Å². The normalized spacial score (nSPS) is 11.2. The lowest BCUT2D eigenvalue weighted by molar-refractivity contribution is -0.136. The van der Waals surface area contributed by atoms with Crippen LogP contribution in [0.4, 0.5) is 0 Å². The van der Waals surface area contributed by atoms with Gasteiger partial charge in [-0.3, -0.25) is 4.79 Å². The number of methoxy groups -OCH3 is 2. The fourth-order valence-electron chi connectivity index (χ4n) is 2.34. The van der Waals surface area contributed by atoms with Crippen LogP contribution in [-0.4, -0.2) is 45.8 Å². The highest BCUT2D eigenvalue weighted by Gasteiger charge is 2.19. The number of furan rings is 1. The van der Waals surface area contributed by atoms with Gasteiger partial charge in [-0.05, 0) is 36.8 Å². The van der Waals surface area contributed by atoms with Crippen molar-refractivity contribution in [1.82, 2.24) is 4.90 Å². The van der Waals surface area contributed by atoms with E-state index in [0.717, 1.165) is 0 Å². The molecular formula is C18H23NO7S. The third-order valence-corrected chi connectivity index (χ3v) is 4.86. The minimum Gasteiger partial charge on any atom is -0.493 e. The van der Waals surface area contributed by atoms with Gasteiger partial charge in [0.05, 0.1) is 25.7 Å². The van der Waals surface area contributed by atoms with E-state index in [1.165, 1.54) is 27.4 Å². The van der Waals surface area contributed by atoms with Gasteiger partial charge in [0, 0.05) is 13.7 Å². The van der Waals surface area contributed by atoms with Gasteiger partial charge in [-0.25, -0.2) is 0 Å². The van der Waals surface area contributed by atoms with E-state index in [2.05, 4.69) is 0 Å². The van der Waals surface area contributed by atoms with Crippen LogP contribution in [0.2, 0.25) is 0 Å².